The molecule has 0 radical (unpaired) electrons. The highest BCUT2D eigenvalue weighted by atomic mass is 15.1. The van der Waals surface area contributed by atoms with Crippen LogP contribution in [0, 0.1) is 6.92 Å². The quantitative estimate of drug-likeness (QED) is 0.308. The molecule has 31 heavy (non-hydrogen) atoms. The molecule has 5 aromatic carbocycles. The topological polar surface area (TPSA) is 29.3 Å². The van der Waals surface area contributed by atoms with Crippen LogP contribution in [0.15, 0.2) is 103 Å². The second kappa shape index (κ2) is 6.75. The lowest BCUT2D eigenvalue weighted by atomic mass is 9.98. The number of nitrogens with two attached hydrogens (primary N) is 1. The molecule has 1 aliphatic carbocycles. The maximum Gasteiger partial charge on any atom is 0.0468 e. The highest BCUT2D eigenvalue weighted by Gasteiger charge is 2.24. The third kappa shape index (κ3) is 2.65. The Kier molecular flexibility index (Phi) is 3.87. The first-order chi connectivity index (χ1) is 15.2. The van der Waals surface area contributed by atoms with E-state index in [0.717, 1.165) is 33.7 Å². The summed E-state index contributed by atoms with van der Waals surface area (Å²) in [4.78, 5) is 2.31. The Labute approximate surface area is 182 Å². The monoisotopic (exact) mass is 398 g/mol. The van der Waals surface area contributed by atoms with Crippen molar-refractivity contribution in [2.24, 2.45) is 0 Å². The van der Waals surface area contributed by atoms with Gasteiger partial charge in [0.15, 0.2) is 0 Å². The molecule has 0 saturated carbocycles. The summed E-state index contributed by atoms with van der Waals surface area (Å²) in [7, 11) is 0. The first kappa shape index (κ1) is 17.8. The SMILES string of the molecule is Cc1cc2c3c(cccc3c1N)-c1cc(N(c3ccccc3)c3ccccc3)ccc1-2. The predicted octanol–water partition coefficient (Wildman–Crippen LogP) is 7.85. The summed E-state index contributed by atoms with van der Waals surface area (Å²) in [6.07, 6.45) is 0. The lowest BCUT2D eigenvalue weighted by molar-refractivity contribution is 1.28. The van der Waals surface area contributed by atoms with Gasteiger partial charge in [-0.15, -0.1) is 0 Å². The van der Waals surface area contributed by atoms with Gasteiger partial charge in [-0.2, -0.15) is 0 Å². The fraction of sp³-hybridized carbons (Fsp3) is 0.0345. The normalized spacial score (nSPS) is 11.5. The van der Waals surface area contributed by atoms with E-state index >= 15 is 0 Å². The van der Waals surface area contributed by atoms with Crippen molar-refractivity contribution in [3.63, 3.8) is 0 Å². The molecule has 0 heterocycles. The van der Waals surface area contributed by atoms with Crippen LogP contribution in [0.4, 0.5) is 22.7 Å². The van der Waals surface area contributed by atoms with Crippen LogP contribution in [0.5, 0.6) is 0 Å². The van der Waals surface area contributed by atoms with Crippen LogP contribution in [0.1, 0.15) is 5.56 Å². The summed E-state index contributed by atoms with van der Waals surface area (Å²) >= 11 is 0. The van der Waals surface area contributed by atoms with E-state index in [4.69, 9.17) is 5.73 Å². The average Bonchev–Trinajstić information content (AvgIpc) is 3.13. The molecule has 0 unspecified atom stereocenters. The molecular formula is C29H22N2. The standard InChI is InChI=1S/C29H22N2/c1-19-17-27-23-16-15-22(18-26(23)24-13-8-14-25(28(24)27)29(19)30)31(20-9-4-2-5-10-20)21-11-6-3-7-12-21/h2-18H,30H2,1H3. The Bertz CT molecular complexity index is 1400. The maximum atomic E-state index is 6.44. The Morgan fingerprint density at radius 3 is 1.90 bits per heavy atom. The molecule has 0 saturated heterocycles. The zero-order valence-corrected chi connectivity index (χ0v) is 17.3. The van der Waals surface area contributed by atoms with E-state index in [0.29, 0.717) is 0 Å². The molecule has 0 aromatic heterocycles. The van der Waals surface area contributed by atoms with Gasteiger partial charge in [0.2, 0.25) is 0 Å². The molecule has 0 bridgehead atoms. The van der Waals surface area contributed by atoms with Crippen LogP contribution in [0.2, 0.25) is 0 Å². The summed E-state index contributed by atoms with van der Waals surface area (Å²) < 4.78 is 0. The first-order valence-electron chi connectivity index (χ1n) is 10.6. The van der Waals surface area contributed by atoms with Gasteiger partial charge in [0.1, 0.15) is 0 Å². The lowest BCUT2D eigenvalue weighted by Gasteiger charge is -2.26. The number of fused-ring (bicyclic) bond motifs is 3. The van der Waals surface area contributed by atoms with Gasteiger partial charge < -0.3 is 10.6 Å². The first-order valence-corrected chi connectivity index (χ1v) is 10.6. The number of nitrogens with zero attached hydrogens (tertiary/aromatic N) is 1. The predicted molar refractivity (Wildman–Crippen MR) is 132 cm³/mol. The zero-order valence-electron chi connectivity index (χ0n) is 17.3. The van der Waals surface area contributed by atoms with Crippen LogP contribution in [0.25, 0.3) is 33.0 Å². The fourth-order valence-corrected chi connectivity index (χ4v) is 4.81. The molecule has 0 amide bonds. The largest absolute Gasteiger partial charge is 0.398 e. The molecule has 2 nitrogen and oxygen atoms in total. The van der Waals surface area contributed by atoms with E-state index in [1.54, 1.807) is 0 Å². The van der Waals surface area contributed by atoms with Crippen molar-refractivity contribution in [3.05, 3.63) is 109 Å². The highest BCUT2D eigenvalue weighted by Crippen LogP contribution is 2.51. The smallest absolute Gasteiger partial charge is 0.0468 e. The third-order valence-electron chi connectivity index (χ3n) is 6.28. The molecule has 0 fully saturated rings. The van der Waals surface area contributed by atoms with E-state index in [1.807, 2.05) is 0 Å². The lowest BCUT2D eigenvalue weighted by Crippen LogP contribution is -2.09. The Balaban J connectivity index is 1.59. The van der Waals surface area contributed by atoms with Crippen molar-refractivity contribution < 1.29 is 0 Å². The van der Waals surface area contributed by atoms with Gasteiger partial charge in [0.25, 0.3) is 0 Å². The average molecular weight is 399 g/mol. The summed E-state index contributed by atoms with van der Waals surface area (Å²) in [5, 5.41) is 2.41. The van der Waals surface area contributed by atoms with Crippen LogP contribution >= 0.6 is 0 Å². The van der Waals surface area contributed by atoms with Crippen LogP contribution in [-0.2, 0) is 0 Å². The summed E-state index contributed by atoms with van der Waals surface area (Å²) in [6, 6.07) is 36.6. The number of hydrogen-bond donors (Lipinski definition) is 1. The summed E-state index contributed by atoms with van der Waals surface area (Å²) in [5.74, 6) is 0. The molecule has 0 spiro atoms. The number of nitrogen functional groups attached to an aromatic ring is 1. The molecular weight excluding hydrogens is 376 g/mol. The number of aryl methyl sites for hydroxylation is 1. The molecule has 2 heteroatoms. The number of para-hydroxylation sites is 2. The van der Waals surface area contributed by atoms with Crippen LogP contribution in [0.3, 0.4) is 0 Å². The van der Waals surface area contributed by atoms with E-state index < -0.39 is 0 Å². The third-order valence-corrected chi connectivity index (χ3v) is 6.28. The van der Waals surface area contributed by atoms with E-state index in [2.05, 4.69) is 115 Å². The van der Waals surface area contributed by atoms with Gasteiger partial charge in [-0.25, -0.2) is 0 Å². The van der Waals surface area contributed by atoms with Crippen LogP contribution in [-0.4, -0.2) is 0 Å². The van der Waals surface area contributed by atoms with Crippen molar-refractivity contribution in [1.29, 1.82) is 0 Å². The van der Waals surface area contributed by atoms with Gasteiger partial charge in [-0.1, -0.05) is 60.7 Å². The Morgan fingerprint density at radius 1 is 0.548 bits per heavy atom. The number of benzene rings is 5. The van der Waals surface area contributed by atoms with Crippen molar-refractivity contribution in [2.45, 2.75) is 6.92 Å². The second-order valence-electron chi connectivity index (χ2n) is 8.12. The fourth-order valence-electron chi connectivity index (χ4n) is 4.81. The van der Waals surface area contributed by atoms with Gasteiger partial charge in [-0.05, 0) is 82.6 Å². The number of rotatable bonds is 3. The van der Waals surface area contributed by atoms with E-state index in [9.17, 15) is 0 Å². The molecule has 6 rings (SSSR count). The summed E-state index contributed by atoms with van der Waals surface area (Å²) in [5.41, 5.74) is 17.0. The van der Waals surface area contributed by atoms with E-state index in [1.165, 1.54) is 27.6 Å². The number of anilines is 4. The van der Waals surface area contributed by atoms with Gasteiger partial charge in [-0.3, -0.25) is 0 Å². The van der Waals surface area contributed by atoms with E-state index in [-0.39, 0.29) is 0 Å². The minimum absolute atomic E-state index is 0.879. The molecule has 0 aliphatic heterocycles. The second-order valence-corrected chi connectivity index (χ2v) is 8.12. The Morgan fingerprint density at radius 2 is 1.23 bits per heavy atom. The van der Waals surface area contributed by atoms with Gasteiger partial charge >= 0.3 is 0 Å². The van der Waals surface area contributed by atoms with Gasteiger partial charge in [0.05, 0.1) is 0 Å². The van der Waals surface area contributed by atoms with Crippen molar-refractivity contribution >= 4 is 33.5 Å². The minimum atomic E-state index is 0.879. The van der Waals surface area contributed by atoms with Crippen molar-refractivity contribution in [1.82, 2.24) is 0 Å². The highest BCUT2D eigenvalue weighted by molar-refractivity contribution is 6.19. The zero-order chi connectivity index (χ0) is 20.9. The molecule has 5 aromatic rings. The van der Waals surface area contributed by atoms with Crippen molar-refractivity contribution in [2.75, 3.05) is 10.6 Å². The van der Waals surface area contributed by atoms with Gasteiger partial charge in [0, 0.05) is 28.1 Å². The van der Waals surface area contributed by atoms with Crippen molar-refractivity contribution in [3.8, 4) is 22.3 Å². The Hall–Kier alpha value is -4.04. The molecule has 148 valence electrons. The molecule has 0 atom stereocenters. The maximum absolute atomic E-state index is 6.44. The minimum Gasteiger partial charge on any atom is -0.398 e. The van der Waals surface area contributed by atoms with Crippen LogP contribution < -0.4 is 10.6 Å². The molecule has 2 N–H and O–H groups in total. The molecule has 1 aliphatic rings. The number of hydrogen-bond acceptors (Lipinski definition) is 2. The summed E-state index contributed by atoms with van der Waals surface area (Å²) in [6.45, 7) is 2.09.